The highest BCUT2D eigenvalue weighted by Gasteiger charge is 2.39. The Labute approximate surface area is 114 Å². The van der Waals surface area contributed by atoms with E-state index >= 15 is 0 Å². The molecular formula is C13H18ClNO2Si. The third-order valence-electron chi connectivity index (χ3n) is 3.26. The van der Waals surface area contributed by atoms with Crippen LogP contribution in [0.25, 0.3) is 0 Å². The first-order valence-corrected chi connectivity index (χ1v) is 9.02. The van der Waals surface area contributed by atoms with Crippen molar-refractivity contribution >= 4 is 31.7 Å². The lowest BCUT2D eigenvalue weighted by atomic mass is 10.2. The number of hydrogen-bond donors (Lipinski definition) is 0. The molecule has 0 bridgehead atoms. The molecule has 0 fully saturated rings. The van der Waals surface area contributed by atoms with Crippen molar-refractivity contribution in [1.82, 2.24) is 0 Å². The van der Waals surface area contributed by atoms with Gasteiger partial charge in [0.15, 0.2) is 0 Å². The molecule has 0 N–H and O–H groups in total. The normalized spacial score (nSPS) is 11.9. The SMILES string of the molecule is CC(C)(C)[Si](C)(C)Oc1ccc(Cl)cc1N=C=O. The number of rotatable bonds is 3. The monoisotopic (exact) mass is 283 g/mol. The van der Waals surface area contributed by atoms with Crippen LogP contribution in [0.5, 0.6) is 5.75 Å². The van der Waals surface area contributed by atoms with Crippen molar-refractivity contribution in [2.75, 3.05) is 0 Å². The minimum absolute atomic E-state index is 0.0782. The molecule has 0 aromatic heterocycles. The molecule has 0 atom stereocenters. The van der Waals surface area contributed by atoms with Crippen LogP contribution in [-0.4, -0.2) is 14.4 Å². The summed E-state index contributed by atoms with van der Waals surface area (Å²) in [5.74, 6) is 0.592. The first kappa shape index (κ1) is 15.0. The van der Waals surface area contributed by atoms with Crippen molar-refractivity contribution in [1.29, 1.82) is 0 Å². The fourth-order valence-electron chi connectivity index (χ4n) is 1.14. The van der Waals surface area contributed by atoms with Crippen LogP contribution >= 0.6 is 11.6 Å². The lowest BCUT2D eigenvalue weighted by Gasteiger charge is -2.36. The van der Waals surface area contributed by atoms with E-state index in [0.29, 0.717) is 16.5 Å². The summed E-state index contributed by atoms with van der Waals surface area (Å²) in [4.78, 5) is 14.1. The zero-order chi connectivity index (χ0) is 14.0. The van der Waals surface area contributed by atoms with Crippen LogP contribution < -0.4 is 4.43 Å². The maximum absolute atomic E-state index is 10.4. The standard InChI is InChI=1S/C13H18ClNO2Si/c1-13(2,3)18(4,5)17-12-7-6-10(14)8-11(12)15-9-16/h6-8H,1-5H3. The Balaban J connectivity index is 3.15. The Morgan fingerprint density at radius 2 is 1.94 bits per heavy atom. The van der Waals surface area contributed by atoms with Crippen LogP contribution in [0.15, 0.2) is 23.2 Å². The van der Waals surface area contributed by atoms with Crippen molar-refractivity contribution in [3.63, 3.8) is 0 Å². The second-order valence-corrected chi connectivity index (χ2v) is 10.8. The van der Waals surface area contributed by atoms with Gasteiger partial charge in [-0.05, 0) is 36.3 Å². The van der Waals surface area contributed by atoms with Crippen molar-refractivity contribution in [3.8, 4) is 5.75 Å². The van der Waals surface area contributed by atoms with Crippen LogP contribution in [0.2, 0.25) is 23.2 Å². The molecule has 0 aliphatic carbocycles. The Kier molecular flexibility index (Phi) is 4.38. The largest absolute Gasteiger partial charge is 0.542 e. The van der Waals surface area contributed by atoms with Crippen LogP contribution in [0, 0.1) is 0 Å². The fourth-order valence-corrected chi connectivity index (χ4v) is 2.34. The molecule has 0 spiro atoms. The average Bonchev–Trinajstić information content (AvgIpc) is 2.20. The molecule has 0 unspecified atom stereocenters. The molecule has 1 aromatic rings. The maximum Gasteiger partial charge on any atom is 0.250 e. The quantitative estimate of drug-likeness (QED) is 0.458. The van der Waals surface area contributed by atoms with Gasteiger partial charge in [-0.1, -0.05) is 32.4 Å². The highest BCUT2D eigenvalue weighted by Crippen LogP contribution is 2.40. The molecule has 0 amide bonds. The van der Waals surface area contributed by atoms with Crippen molar-refractivity contribution in [3.05, 3.63) is 23.2 Å². The second-order valence-electron chi connectivity index (χ2n) is 5.68. The molecule has 0 saturated carbocycles. The van der Waals surface area contributed by atoms with Crippen molar-refractivity contribution < 1.29 is 9.22 Å². The number of halogens is 1. The molecule has 98 valence electrons. The Morgan fingerprint density at radius 1 is 1.33 bits per heavy atom. The van der Waals surface area contributed by atoms with Gasteiger partial charge in [-0.3, -0.25) is 0 Å². The summed E-state index contributed by atoms with van der Waals surface area (Å²) in [5, 5.41) is 0.598. The Hall–Kier alpha value is -1.09. The van der Waals surface area contributed by atoms with Crippen LogP contribution in [-0.2, 0) is 4.79 Å². The predicted molar refractivity (Wildman–Crippen MR) is 77.1 cm³/mol. The number of carbonyl (C=O) groups excluding carboxylic acids is 1. The molecule has 1 aromatic carbocycles. The lowest BCUT2D eigenvalue weighted by molar-refractivity contribution is 0.493. The fraction of sp³-hybridized carbons (Fsp3) is 0.462. The van der Waals surface area contributed by atoms with Gasteiger partial charge in [0.25, 0.3) is 8.32 Å². The number of benzene rings is 1. The van der Waals surface area contributed by atoms with Gasteiger partial charge in [0, 0.05) is 5.02 Å². The van der Waals surface area contributed by atoms with Gasteiger partial charge in [0.05, 0.1) is 0 Å². The number of isocyanates is 1. The minimum Gasteiger partial charge on any atom is -0.542 e. The minimum atomic E-state index is -1.96. The van der Waals surface area contributed by atoms with E-state index < -0.39 is 8.32 Å². The summed E-state index contributed by atoms with van der Waals surface area (Å²) in [6.45, 7) is 10.7. The van der Waals surface area contributed by atoms with Crippen molar-refractivity contribution in [2.24, 2.45) is 4.99 Å². The third kappa shape index (κ3) is 3.45. The van der Waals surface area contributed by atoms with Gasteiger partial charge < -0.3 is 4.43 Å². The topological polar surface area (TPSA) is 38.7 Å². The molecule has 5 heteroatoms. The van der Waals surface area contributed by atoms with E-state index in [4.69, 9.17) is 16.0 Å². The van der Waals surface area contributed by atoms with E-state index in [2.05, 4.69) is 38.9 Å². The van der Waals surface area contributed by atoms with E-state index in [1.54, 1.807) is 18.2 Å². The number of aliphatic imine (C=N–C) groups is 1. The summed E-state index contributed by atoms with van der Waals surface area (Å²) < 4.78 is 6.11. The van der Waals surface area contributed by atoms with Gasteiger partial charge in [-0.25, -0.2) is 4.79 Å². The third-order valence-corrected chi connectivity index (χ3v) is 7.84. The van der Waals surface area contributed by atoms with E-state index in [9.17, 15) is 4.79 Å². The summed E-state index contributed by atoms with van der Waals surface area (Å²) in [7, 11) is -1.96. The molecule has 3 nitrogen and oxygen atoms in total. The maximum atomic E-state index is 10.4. The first-order chi connectivity index (χ1) is 8.17. The van der Waals surface area contributed by atoms with Gasteiger partial charge >= 0.3 is 0 Å². The van der Waals surface area contributed by atoms with E-state index in [-0.39, 0.29) is 5.04 Å². The Bertz CT molecular complexity index is 488. The number of hydrogen-bond acceptors (Lipinski definition) is 3. The van der Waals surface area contributed by atoms with Gasteiger partial charge in [0.2, 0.25) is 6.08 Å². The molecule has 1 rings (SSSR count). The smallest absolute Gasteiger partial charge is 0.250 e. The van der Waals surface area contributed by atoms with E-state index in [0.717, 1.165) is 0 Å². The predicted octanol–water partition coefficient (Wildman–Crippen LogP) is 4.69. The Morgan fingerprint density at radius 3 is 2.44 bits per heavy atom. The molecule has 0 aliphatic rings. The summed E-state index contributed by atoms with van der Waals surface area (Å²) in [5.41, 5.74) is 0.433. The molecular weight excluding hydrogens is 266 g/mol. The molecule has 0 heterocycles. The van der Waals surface area contributed by atoms with Crippen LogP contribution in [0.3, 0.4) is 0 Å². The molecule has 0 saturated heterocycles. The van der Waals surface area contributed by atoms with Gasteiger partial charge in [0.1, 0.15) is 11.4 Å². The molecule has 0 aliphatic heterocycles. The first-order valence-electron chi connectivity index (χ1n) is 5.74. The average molecular weight is 284 g/mol. The van der Waals surface area contributed by atoms with E-state index in [1.165, 1.54) is 6.08 Å². The van der Waals surface area contributed by atoms with Gasteiger partial charge in [-0.2, -0.15) is 4.99 Å². The highest BCUT2D eigenvalue weighted by atomic mass is 35.5. The highest BCUT2D eigenvalue weighted by molar-refractivity contribution is 6.74. The summed E-state index contributed by atoms with van der Waals surface area (Å²) in [6.07, 6.45) is 1.53. The van der Waals surface area contributed by atoms with Gasteiger partial charge in [-0.15, -0.1) is 0 Å². The second kappa shape index (κ2) is 5.27. The van der Waals surface area contributed by atoms with E-state index in [1.807, 2.05) is 0 Å². The lowest BCUT2D eigenvalue weighted by Crippen LogP contribution is -2.43. The van der Waals surface area contributed by atoms with Crippen molar-refractivity contribution in [2.45, 2.75) is 38.9 Å². The van der Waals surface area contributed by atoms with Crippen LogP contribution in [0.4, 0.5) is 5.69 Å². The zero-order valence-electron chi connectivity index (χ0n) is 11.4. The summed E-state index contributed by atoms with van der Waals surface area (Å²) >= 11 is 5.88. The zero-order valence-corrected chi connectivity index (χ0v) is 13.1. The van der Waals surface area contributed by atoms with Crippen LogP contribution in [0.1, 0.15) is 20.8 Å². The number of nitrogens with zero attached hydrogens (tertiary/aromatic N) is 1. The molecule has 18 heavy (non-hydrogen) atoms. The molecule has 0 radical (unpaired) electrons. The summed E-state index contributed by atoms with van der Waals surface area (Å²) in [6, 6.07) is 5.09.